The smallest absolute Gasteiger partial charge is 0.452 e. The number of nitrogens with one attached hydrogen (secondary N) is 1. The number of alkyl halides is 7. The molecule has 4 fully saturated rings. The lowest BCUT2D eigenvalue weighted by molar-refractivity contribution is -0.245. The van der Waals surface area contributed by atoms with Gasteiger partial charge in [-0.05, 0) is 43.1 Å². The molecule has 32 heavy (non-hydrogen) atoms. The number of benzene rings is 1. The molecule has 4 nitrogen and oxygen atoms in total. The van der Waals surface area contributed by atoms with Gasteiger partial charge < -0.3 is 10.1 Å². The van der Waals surface area contributed by atoms with Crippen molar-refractivity contribution in [3.8, 4) is 0 Å². The third kappa shape index (κ3) is 4.18. The zero-order chi connectivity index (χ0) is 23.5. The van der Waals surface area contributed by atoms with Crippen molar-refractivity contribution in [3.63, 3.8) is 0 Å². The molecule has 0 radical (unpaired) electrons. The Morgan fingerprint density at radius 2 is 1.69 bits per heavy atom. The van der Waals surface area contributed by atoms with Crippen LogP contribution in [0.1, 0.15) is 43.7 Å². The first-order chi connectivity index (χ1) is 14.7. The van der Waals surface area contributed by atoms with E-state index >= 15 is 0 Å². The van der Waals surface area contributed by atoms with Crippen LogP contribution in [0.3, 0.4) is 0 Å². The Hall–Kier alpha value is -1.97. The van der Waals surface area contributed by atoms with Crippen LogP contribution in [0.2, 0.25) is 0 Å². The first-order valence-electron chi connectivity index (χ1n) is 10.1. The summed E-state index contributed by atoms with van der Waals surface area (Å²) in [6, 6.07) is 6.39. The van der Waals surface area contributed by atoms with Crippen LogP contribution < -0.4 is 5.32 Å². The molecule has 0 spiro atoms. The van der Waals surface area contributed by atoms with Crippen molar-refractivity contribution in [1.29, 1.82) is 0 Å². The van der Waals surface area contributed by atoms with Crippen molar-refractivity contribution >= 4 is 23.5 Å². The molecule has 4 bridgehead atoms. The summed E-state index contributed by atoms with van der Waals surface area (Å²) in [5.74, 6) is -6.15. The van der Waals surface area contributed by atoms with E-state index in [1.807, 2.05) is 5.32 Å². The van der Waals surface area contributed by atoms with Gasteiger partial charge in [0.2, 0.25) is 0 Å². The Kier molecular flexibility index (Phi) is 5.46. The van der Waals surface area contributed by atoms with Crippen LogP contribution in [0.25, 0.3) is 0 Å². The maximum absolute atomic E-state index is 13.1. The van der Waals surface area contributed by atoms with Gasteiger partial charge in [-0.2, -0.15) is 26.3 Å². The van der Waals surface area contributed by atoms with Gasteiger partial charge >= 0.3 is 24.2 Å². The van der Waals surface area contributed by atoms with E-state index in [1.165, 1.54) is 12.1 Å². The molecule has 0 saturated heterocycles. The van der Waals surface area contributed by atoms with Crippen molar-refractivity contribution in [2.45, 2.75) is 61.0 Å². The van der Waals surface area contributed by atoms with Crippen LogP contribution in [-0.4, -0.2) is 34.7 Å². The first kappa shape index (κ1) is 23.2. The van der Waals surface area contributed by atoms with E-state index in [4.69, 9.17) is 16.3 Å². The number of esters is 1. The Bertz CT molecular complexity index is 907. The summed E-state index contributed by atoms with van der Waals surface area (Å²) in [7, 11) is 0. The summed E-state index contributed by atoms with van der Waals surface area (Å²) in [6.45, 7) is 0. The lowest BCUT2D eigenvalue weighted by Gasteiger charge is -2.64. The van der Waals surface area contributed by atoms with Crippen LogP contribution in [0.4, 0.5) is 26.3 Å². The van der Waals surface area contributed by atoms with E-state index in [0.29, 0.717) is 19.3 Å². The van der Waals surface area contributed by atoms with Gasteiger partial charge in [-0.15, -0.1) is 11.6 Å². The second-order valence-corrected chi connectivity index (χ2v) is 9.94. The summed E-state index contributed by atoms with van der Waals surface area (Å²) < 4.78 is 83.8. The predicted octanol–water partition coefficient (Wildman–Crippen LogP) is 5.07. The van der Waals surface area contributed by atoms with E-state index in [-0.39, 0.29) is 24.3 Å². The van der Waals surface area contributed by atoms with Gasteiger partial charge in [0.15, 0.2) is 0 Å². The average molecular weight is 484 g/mol. The molecule has 1 N–H and O–H groups in total. The van der Waals surface area contributed by atoms with E-state index in [1.54, 1.807) is 18.2 Å². The van der Waals surface area contributed by atoms with Gasteiger partial charge in [0, 0.05) is 17.2 Å². The molecule has 0 aromatic heterocycles. The predicted molar refractivity (Wildman–Crippen MR) is 100 cm³/mol. The van der Waals surface area contributed by atoms with Crippen LogP contribution >= 0.6 is 11.6 Å². The molecular weight excluding hydrogens is 464 g/mol. The van der Waals surface area contributed by atoms with E-state index in [0.717, 1.165) is 0 Å². The molecule has 4 aliphatic rings. The van der Waals surface area contributed by atoms with Crippen molar-refractivity contribution in [2.24, 2.45) is 17.8 Å². The molecule has 11 heteroatoms. The van der Waals surface area contributed by atoms with Gasteiger partial charge in [-0.3, -0.25) is 4.79 Å². The van der Waals surface area contributed by atoms with Crippen LogP contribution in [-0.2, 0) is 14.3 Å². The number of amides is 1. The minimum Gasteiger partial charge on any atom is -0.452 e. The highest BCUT2D eigenvalue weighted by molar-refractivity contribution is 6.24. The van der Waals surface area contributed by atoms with Gasteiger partial charge in [0.25, 0.3) is 0 Å². The molecule has 0 aliphatic heterocycles. The number of ether oxygens (including phenoxy) is 1. The number of hydrogen-bond donors (Lipinski definition) is 1. The zero-order valence-electron chi connectivity index (χ0n) is 16.6. The van der Waals surface area contributed by atoms with E-state index in [2.05, 4.69) is 0 Å². The highest BCUT2D eigenvalue weighted by Gasteiger charge is 2.67. The average Bonchev–Trinajstić information content (AvgIpc) is 2.64. The summed E-state index contributed by atoms with van der Waals surface area (Å²) >= 11 is 6.67. The highest BCUT2D eigenvalue weighted by atomic mass is 35.5. The molecule has 176 valence electrons. The minimum atomic E-state index is -5.27. The summed E-state index contributed by atoms with van der Waals surface area (Å²) in [4.78, 5) is 22.9. The fraction of sp³-hybridized carbons (Fsp3) is 0.619. The molecule has 4 saturated carbocycles. The molecule has 1 aromatic carbocycles. The Morgan fingerprint density at radius 3 is 2.25 bits per heavy atom. The molecule has 6 atom stereocenters. The maximum Gasteiger partial charge on any atom is 0.490 e. The number of rotatable bonds is 4. The maximum atomic E-state index is 13.1. The van der Waals surface area contributed by atoms with Gasteiger partial charge in [0.05, 0.1) is 6.04 Å². The Balaban J connectivity index is 1.79. The van der Waals surface area contributed by atoms with Crippen LogP contribution in [0, 0.1) is 17.8 Å². The SMILES string of the molecule is O=C(N[C@@H](c1ccccc1)[C@H]1C2C[C@H]3C[C@](Cl)(C2)C[C@@]1(OC(=O)C(F)(F)F)C3)C(F)(F)F. The topological polar surface area (TPSA) is 55.4 Å². The molecule has 4 aliphatic carbocycles. The van der Waals surface area contributed by atoms with Crippen molar-refractivity contribution in [3.05, 3.63) is 35.9 Å². The summed E-state index contributed by atoms with van der Waals surface area (Å²) in [5.41, 5.74) is -1.45. The van der Waals surface area contributed by atoms with Gasteiger partial charge in [-0.25, -0.2) is 4.79 Å². The normalized spacial score (nSPS) is 34.8. The first-order valence-corrected chi connectivity index (χ1v) is 10.5. The van der Waals surface area contributed by atoms with Crippen LogP contribution in [0.15, 0.2) is 30.3 Å². The van der Waals surface area contributed by atoms with Crippen molar-refractivity contribution in [1.82, 2.24) is 5.32 Å². The Labute approximate surface area is 184 Å². The second kappa shape index (κ2) is 7.53. The standard InChI is InChI=1S/C21H20ClF6NO3/c22-18-7-11-6-13(9-18)14(19(8-11,10-18)32-17(31)21(26,27)28)15(12-4-2-1-3-5-12)29-16(30)20(23,24)25/h1-5,11,13-15H,6-10H2,(H,29,30)/t11-,13?,14+,15-,18-,19-/m0/s1. The number of hydrogen-bond acceptors (Lipinski definition) is 3. The molecule has 1 amide bonds. The van der Waals surface area contributed by atoms with Gasteiger partial charge in [0.1, 0.15) is 5.60 Å². The third-order valence-electron chi connectivity index (χ3n) is 6.87. The number of carbonyl (C=O) groups excluding carboxylic acids is 2. The van der Waals surface area contributed by atoms with E-state index < -0.39 is 52.6 Å². The number of halogens is 7. The quantitative estimate of drug-likeness (QED) is 0.370. The molecule has 1 aromatic rings. The van der Waals surface area contributed by atoms with Gasteiger partial charge in [-0.1, -0.05) is 30.3 Å². The van der Waals surface area contributed by atoms with Crippen molar-refractivity contribution < 1.29 is 40.7 Å². The number of carbonyl (C=O) groups is 2. The lowest BCUT2D eigenvalue weighted by Crippen LogP contribution is -2.67. The molecule has 1 unspecified atom stereocenters. The summed E-state index contributed by atoms with van der Waals surface area (Å²) in [6.07, 6.45) is -9.12. The van der Waals surface area contributed by atoms with Crippen molar-refractivity contribution in [2.75, 3.05) is 0 Å². The lowest BCUT2D eigenvalue weighted by atomic mass is 9.47. The molecule has 0 heterocycles. The Morgan fingerprint density at radius 1 is 1.03 bits per heavy atom. The monoisotopic (exact) mass is 483 g/mol. The second-order valence-electron chi connectivity index (χ2n) is 9.14. The summed E-state index contributed by atoms with van der Waals surface area (Å²) in [5, 5.41) is 1.97. The van der Waals surface area contributed by atoms with E-state index in [9.17, 15) is 35.9 Å². The zero-order valence-corrected chi connectivity index (χ0v) is 17.4. The minimum absolute atomic E-state index is 0.0513. The third-order valence-corrected chi connectivity index (χ3v) is 7.32. The fourth-order valence-electron chi connectivity index (χ4n) is 6.25. The van der Waals surface area contributed by atoms with Crippen LogP contribution in [0.5, 0.6) is 0 Å². The fourth-order valence-corrected chi connectivity index (χ4v) is 6.89. The largest absolute Gasteiger partial charge is 0.490 e. The molecule has 5 rings (SSSR count). The highest BCUT2D eigenvalue weighted by Crippen LogP contribution is 2.66. The molecular formula is C21H20ClF6NO3.